The molecule has 0 saturated carbocycles. The van der Waals surface area contributed by atoms with Gasteiger partial charge < -0.3 is 137 Å². The van der Waals surface area contributed by atoms with Crippen LogP contribution < -0.4 is 42.5 Å². The topological polar surface area (TPSA) is 618 Å². The zero-order chi connectivity index (χ0) is 93.4. The molecule has 716 valence electrons. The lowest BCUT2D eigenvalue weighted by atomic mass is 10.1. The molecule has 0 aromatic carbocycles. The number of amides is 19. The number of aliphatic hydroxyl groups is 6. The van der Waals surface area contributed by atoms with Gasteiger partial charge in [0.15, 0.2) is 0 Å². The molecule has 13 aliphatic rings. The number of hydrogen-bond acceptors (Lipinski definition) is 28. The zero-order valence-electron chi connectivity index (χ0n) is 72.6. The Bertz CT molecular complexity index is 4380. The number of carbonyl (C=O) groups is 20. The minimum atomic E-state index is -1.31. The molecule has 15 N–H and O–H groups in total. The quantitative estimate of drug-likeness (QED) is 0.0318. The number of nitrogens with zero attached hydrogens (tertiary/aromatic N) is 12. The molecular weight excluding hydrogens is 1730 g/mol. The van der Waals surface area contributed by atoms with Crippen molar-refractivity contribution in [2.75, 3.05) is 136 Å². The van der Waals surface area contributed by atoms with Gasteiger partial charge in [-0.1, -0.05) is 0 Å². The van der Waals surface area contributed by atoms with Crippen LogP contribution in [-0.4, -0.2) is 470 Å². The van der Waals surface area contributed by atoms with Crippen LogP contribution in [0.4, 0.5) is 0 Å². The first kappa shape index (κ1) is 97.0. The van der Waals surface area contributed by atoms with Crippen molar-refractivity contribution in [2.24, 2.45) is 0 Å². The summed E-state index contributed by atoms with van der Waals surface area (Å²) in [6, 6.07) is -15.7. The second kappa shape index (κ2) is 42.8. The van der Waals surface area contributed by atoms with E-state index < -0.39 is 273 Å². The molecule has 0 aliphatic carbocycles. The Hall–Kier alpha value is -10.5. The number of carboxylic acids is 1. The van der Waals surface area contributed by atoms with E-state index in [1.165, 1.54) is 46.1 Å². The molecule has 0 spiro atoms. The highest BCUT2D eigenvalue weighted by molar-refractivity contribution is 7.98. The van der Waals surface area contributed by atoms with Gasteiger partial charge in [0.2, 0.25) is 112 Å². The molecule has 0 bridgehead atoms. The van der Waals surface area contributed by atoms with E-state index in [0.717, 1.165) is 24.5 Å². The lowest BCUT2D eigenvalue weighted by Crippen LogP contribution is -2.57. The second-order valence-electron chi connectivity index (χ2n) is 36.0. The molecule has 130 heavy (non-hydrogen) atoms. The Morgan fingerprint density at radius 3 is 0.815 bits per heavy atom. The van der Waals surface area contributed by atoms with Crippen LogP contribution in [-0.2, 0) is 95.9 Å². The third-order valence-electron chi connectivity index (χ3n) is 27.4. The second-order valence-corrected chi connectivity index (χ2v) is 37.0. The Morgan fingerprint density at radius 1 is 0.308 bits per heavy atom. The molecule has 13 aliphatic heterocycles. The van der Waals surface area contributed by atoms with Crippen molar-refractivity contribution >= 4 is 130 Å². The first-order valence-corrected chi connectivity index (χ1v) is 46.6. The van der Waals surface area contributed by atoms with Gasteiger partial charge in [-0.25, -0.2) is 4.79 Å². The fourth-order valence-electron chi connectivity index (χ4n) is 20.9. The van der Waals surface area contributed by atoms with Crippen LogP contribution in [0.3, 0.4) is 0 Å². The Labute approximate surface area is 752 Å². The number of hydrogen-bond donors (Lipinski definition) is 15. The van der Waals surface area contributed by atoms with Gasteiger partial charge in [-0.15, -0.1) is 0 Å². The molecule has 13 saturated heterocycles. The first-order chi connectivity index (χ1) is 62.1. The largest absolute Gasteiger partial charge is 0.480 e. The lowest BCUT2D eigenvalue weighted by Gasteiger charge is -2.32. The van der Waals surface area contributed by atoms with Crippen molar-refractivity contribution in [3.63, 3.8) is 0 Å². The summed E-state index contributed by atoms with van der Waals surface area (Å²) in [5.74, 6) is -13.9. The number of β-amino-alcohol motifs (C(OH)–C–C–N with tert-alkyl or cyclic N) is 6. The molecule has 0 radical (unpaired) electrons. The molecular formula is C82H120N20O27S. The van der Waals surface area contributed by atoms with Gasteiger partial charge in [0.1, 0.15) is 78.5 Å². The third-order valence-corrected chi connectivity index (χ3v) is 28.1. The number of carbonyl (C=O) groups excluding carboxylic acids is 19. The third kappa shape index (κ3) is 21.8. The van der Waals surface area contributed by atoms with Gasteiger partial charge in [0, 0.05) is 117 Å². The summed E-state index contributed by atoms with van der Waals surface area (Å²) < 4.78 is 0. The molecule has 13 fully saturated rings. The van der Waals surface area contributed by atoms with Gasteiger partial charge in [-0.2, -0.15) is 11.8 Å². The maximum Gasteiger partial charge on any atom is 0.326 e. The Kier molecular flexibility index (Phi) is 31.9. The summed E-state index contributed by atoms with van der Waals surface area (Å²) in [6.07, 6.45) is -1.32. The smallest absolute Gasteiger partial charge is 0.326 e. The number of aliphatic carboxylic acids is 1. The highest BCUT2D eigenvalue weighted by atomic mass is 32.2. The van der Waals surface area contributed by atoms with E-state index >= 15 is 0 Å². The van der Waals surface area contributed by atoms with Crippen molar-refractivity contribution in [3.05, 3.63) is 0 Å². The highest BCUT2D eigenvalue weighted by Crippen LogP contribution is 2.34. The SMILES string of the molecule is CSCC[C@H](NC(=O)CNC(=O)[C@@H]1CCCN1C(=O)[C@@H]1C[C@@H](O)CN1C(=O)CNC(=O)[C@@H]1CCCN1C(=O)[C@@H]1C[C@@H](O)CN1)C(=O)N1CCC[C@H]1C(=O)NCC(=O)N1C[C@H](O)C[C@H]1C(=O)N1CCC[C@H]1C(=O)NCC(=O)N1C[C@H](O)C[C@H]1C(=O)N1CCC[C@H]1C(=O)NCC(=O)N1C[C@H](O)C[C@H]1C(=O)N1CCC[C@H]1C(=O)NCC(=O)N1C[C@H](O)C[C@H]1C(=O)N1CCC[C@H]1C(=O)O. The fraction of sp³-hybridized carbons (Fsp3) is 0.756. The predicted octanol–water partition coefficient (Wildman–Crippen LogP) is -11.5. The first-order valence-electron chi connectivity index (χ1n) is 45.2. The Balaban J connectivity index is 0.536. The summed E-state index contributed by atoms with van der Waals surface area (Å²) in [6.45, 7) is -4.27. The van der Waals surface area contributed by atoms with E-state index in [2.05, 4.69) is 42.5 Å². The van der Waals surface area contributed by atoms with Gasteiger partial charge in [0.25, 0.3) is 0 Å². The minimum absolute atomic E-state index is 0.0356. The molecule has 20 atom stereocenters. The van der Waals surface area contributed by atoms with Crippen LogP contribution in [0.15, 0.2) is 0 Å². The van der Waals surface area contributed by atoms with Crippen molar-refractivity contribution in [1.29, 1.82) is 0 Å². The maximum atomic E-state index is 14.5. The van der Waals surface area contributed by atoms with E-state index in [9.17, 15) is 132 Å². The van der Waals surface area contributed by atoms with Crippen molar-refractivity contribution < 1.29 is 132 Å². The van der Waals surface area contributed by atoms with Crippen LogP contribution in [0.5, 0.6) is 0 Å². The number of thioether (sulfide) groups is 1. The van der Waals surface area contributed by atoms with E-state index in [-0.39, 0.29) is 168 Å². The average molecular weight is 1850 g/mol. The van der Waals surface area contributed by atoms with Crippen LogP contribution in [0.25, 0.3) is 0 Å². The molecule has 13 heterocycles. The molecule has 0 aromatic heterocycles. The summed E-state index contributed by atoms with van der Waals surface area (Å²) >= 11 is 1.37. The number of nitrogens with one attached hydrogen (secondary N) is 8. The van der Waals surface area contributed by atoms with Gasteiger partial charge in [0.05, 0.1) is 81.9 Å². The van der Waals surface area contributed by atoms with E-state index in [1.807, 2.05) is 0 Å². The average Bonchev–Trinajstić information content (AvgIpc) is 1.66. The lowest BCUT2D eigenvalue weighted by molar-refractivity contribution is -0.151. The minimum Gasteiger partial charge on any atom is -0.480 e. The molecule has 0 unspecified atom stereocenters. The normalized spacial score (nSPS) is 30.3. The van der Waals surface area contributed by atoms with Crippen molar-refractivity contribution in [2.45, 2.75) is 256 Å². The molecule has 48 heteroatoms. The van der Waals surface area contributed by atoms with E-state index in [4.69, 9.17) is 0 Å². The van der Waals surface area contributed by atoms with Gasteiger partial charge in [-0.05, 0) is 115 Å². The van der Waals surface area contributed by atoms with Crippen molar-refractivity contribution in [3.8, 4) is 0 Å². The highest BCUT2D eigenvalue weighted by Gasteiger charge is 2.53. The van der Waals surface area contributed by atoms with E-state index in [1.54, 1.807) is 6.26 Å². The van der Waals surface area contributed by atoms with Crippen LogP contribution >= 0.6 is 11.8 Å². The summed E-state index contributed by atoms with van der Waals surface area (Å²) in [7, 11) is 0. The number of likely N-dealkylation sites (tertiary alicyclic amines) is 12. The maximum absolute atomic E-state index is 14.5. The van der Waals surface area contributed by atoms with Crippen LogP contribution in [0.1, 0.15) is 135 Å². The number of rotatable bonds is 30. The Morgan fingerprint density at radius 2 is 0.554 bits per heavy atom. The van der Waals surface area contributed by atoms with Gasteiger partial charge in [-0.3, -0.25) is 91.1 Å². The molecule has 19 amide bonds. The van der Waals surface area contributed by atoms with Crippen LogP contribution in [0.2, 0.25) is 0 Å². The summed E-state index contributed by atoms with van der Waals surface area (Å²) in [5.41, 5.74) is 0. The van der Waals surface area contributed by atoms with Crippen molar-refractivity contribution in [1.82, 2.24) is 101 Å². The zero-order valence-corrected chi connectivity index (χ0v) is 73.4. The van der Waals surface area contributed by atoms with Gasteiger partial charge >= 0.3 is 5.97 Å². The number of carboxylic acid groups (broad SMARTS) is 1. The standard InChI is InChI=1S/C82H120N20O27S/c1-130-24-16-49(90-63(109)32-84-69(115)53-11-4-19-93(53)77(123)58-26-44(104)38-98(58)65(111)34-86-71(117)52-10-3-18-92(52)76(122)50-25-43(103)31-83-50)75(121)91-17-2-9-51(91)70(116)85-33-64(110)99-39-45(105)27-59(99)78(124)94-20-5-12-54(94)72(118)87-35-66(112)100-40-46(106)28-60(100)79(125)95-21-6-13-55(95)73(119)88-36-67(113)101-41-47(107)29-61(101)80(126)96-22-7-14-56(96)74(120)89-37-68(114)102-42-48(108)30-62(102)81(127)97-23-8-15-57(97)82(128)129/h43-62,83,103-108H,2-42H2,1H3,(H,84,115)(H,85,116)(H,86,117)(H,87,118)(H,88,119)(H,89,120)(H,90,109)(H,128,129)/t43-,44-,45-,46-,47-,48-,49+,50+,51+,52+,53+,54+,55+,56+,57+,58+,59+,60+,61+,62+/m1/s1. The fourth-order valence-corrected chi connectivity index (χ4v) is 21.4. The van der Waals surface area contributed by atoms with E-state index in [0.29, 0.717) is 63.7 Å². The monoisotopic (exact) mass is 1850 g/mol. The molecule has 13 rings (SSSR count). The number of aliphatic hydroxyl groups excluding tert-OH is 6. The predicted molar refractivity (Wildman–Crippen MR) is 447 cm³/mol. The molecule has 47 nitrogen and oxygen atoms in total. The summed E-state index contributed by atoms with van der Waals surface area (Å²) in [4.78, 5) is 291. The summed E-state index contributed by atoms with van der Waals surface area (Å²) in [5, 5.41) is 94.4. The van der Waals surface area contributed by atoms with Crippen LogP contribution in [0, 0.1) is 0 Å². The molecule has 0 aromatic rings.